The molecular formula is C24H27N3O3. The van der Waals surface area contributed by atoms with E-state index in [1.807, 2.05) is 49.4 Å². The maximum Gasteiger partial charge on any atom is 0.253 e. The van der Waals surface area contributed by atoms with Crippen LogP contribution >= 0.6 is 0 Å². The number of fused-ring (bicyclic) bond motifs is 1. The number of carbonyl (C=O) groups excluding carboxylic acids is 3. The zero-order valence-electron chi connectivity index (χ0n) is 17.7. The predicted molar refractivity (Wildman–Crippen MR) is 114 cm³/mol. The van der Waals surface area contributed by atoms with E-state index < -0.39 is 5.41 Å². The molecular weight excluding hydrogens is 378 g/mol. The first-order valence-corrected chi connectivity index (χ1v) is 10.2. The van der Waals surface area contributed by atoms with Crippen molar-refractivity contribution in [3.63, 3.8) is 0 Å². The van der Waals surface area contributed by atoms with Gasteiger partial charge in [0.15, 0.2) is 0 Å². The first-order chi connectivity index (χ1) is 14.3. The Kier molecular flexibility index (Phi) is 5.10. The third-order valence-corrected chi connectivity index (χ3v) is 6.30. The van der Waals surface area contributed by atoms with Crippen LogP contribution in [0.3, 0.4) is 0 Å². The van der Waals surface area contributed by atoms with E-state index >= 15 is 0 Å². The normalized spacial score (nSPS) is 22.7. The highest BCUT2D eigenvalue weighted by atomic mass is 16.2. The van der Waals surface area contributed by atoms with E-state index in [-0.39, 0.29) is 23.6 Å². The van der Waals surface area contributed by atoms with Gasteiger partial charge in [0, 0.05) is 57.3 Å². The van der Waals surface area contributed by atoms with Crippen molar-refractivity contribution in [2.24, 2.45) is 11.3 Å². The van der Waals surface area contributed by atoms with Gasteiger partial charge in [0.25, 0.3) is 11.8 Å². The van der Waals surface area contributed by atoms with E-state index in [0.717, 1.165) is 5.56 Å². The standard InChI is InChI=1S/C24H27N3O3/c1-17-8-7-11-19(12-17)22(29)27-14-20-13-26(21(28)18-9-5-4-6-10-18)15-24(20,16-27)23(30)25(2)3/h4-12,20H,13-16H2,1-3H3. The summed E-state index contributed by atoms with van der Waals surface area (Å²) in [5, 5.41) is 0. The second-order valence-electron chi connectivity index (χ2n) is 8.66. The molecule has 4 rings (SSSR count). The highest BCUT2D eigenvalue weighted by Gasteiger charge is 2.59. The van der Waals surface area contributed by atoms with Crippen molar-refractivity contribution in [1.82, 2.24) is 14.7 Å². The number of carbonyl (C=O) groups is 3. The zero-order chi connectivity index (χ0) is 21.5. The van der Waals surface area contributed by atoms with Gasteiger partial charge in [-0.1, -0.05) is 35.9 Å². The number of benzene rings is 2. The Bertz CT molecular complexity index is 988. The summed E-state index contributed by atoms with van der Waals surface area (Å²) in [6.45, 7) is 3.58. The molecule has 6 heteroatoms. The summed E-state index contributed by atoms with van der Waals surface area (Å²) in [4.78, 5) is 44.5. The molecule has 2 unspecified atom stereocenters. The Hall–Kier alpha value is -3.15. The van der Waals surface area contributed by atoms with E-state index in [0.29, 0.717) is 37.3 Å². The Labute approximate surface area is 177 Å². The molecule has 0 bridgehead atoms. The molecule has 2 fully saturated rings. The first-order valence-electron chi connectivity index (χ1n) is 10.2. The van der Waals surface area contributed by atoms with Crippen LogP contribution in [0, 0.1) is 18.3 Å². The quantitative estimate of drug-likeness (QED) is 0.787. The Balaban J connectivity index is 1.60. The molecule has 156 valence electrons. The smallest absolute Gasteiger partial charge is 0.253 e. The monoisotopic (exact) mass is 405 g/mol. The van der Waals surface area contributed by atoms with Crippen molar-refractivity contribution in [2.75, 3.05) is 40.3 Å². The molecule has 2 atom stereocenters. The van der Waals surface area contributed by atoms with Crippen molar-refractivity contribution in [1.29, 1.82) is 0 Å². The van der Waals surface area contributed by atoms with E-state index in [1.54, 1.807) is 40.9 Å². The second kappa shape index (κ2) is 7.59. The lowest BCUT2D eigenvalue weighted by molar-refractivity contribution is -0.139. The van der Waals surface area contributed by atoms with E-state index in [1.165, 1.54) is 0 Å². The van der Waals surface area contributed by atoms with Gasteiger partial charge in [0.2, 0.25) is 5.91 Å². The number of likely N-dealkylation sites (tertiary alicyclic amines) is 2. The van der Waals surface area contributed by atoms with Gasteiger partial charge in [0.05, 0.1) is 5.41 Å². The molecule has 0 saturated carbocycles. The van der Waals surface area contributed by atoms with Crippen LogP contribution in [0.25, 0.3) is 0 Å². The molecule has 0 aromatic heterocycles. The van der Waals surface area contributed by atoms with Crippen molar-refractivity contribution in [3.8, 4) is 0 Å². The van der Waals surface area contributed by atoms with Crippen molar-refractivity contribution >= 4 is 17.7 Å². The minimum Gasteiger partial charge on any atom is -0.348 e. The average molecular weight is 405 g/mol. The zero-order valence-corrected chi connectivity index (χ0v) is 17.7. The minimum atomic E-state index is -0.757. The number of hydrogen-bond donors (Lipinski definition) is 0. The fourth-order valence-electron chi connectivity index (χ4n) is 4.85. The number of rotatable bonds is 3. The van der Waals surface area contributed by atoms with Crippen LogP contribution in [0.15, 0.2) is 54.6 Å². The van der Waals surface area contributed by atoms with Crippen molar-refractivity contribution in [2.45, 2.75) is 6.92 Å². The molecule has 30 heavy (non-hydrogen) atoms. The van der Waals surface area contributed by atoms with Crippen LogP contribution in [0.1, 0.15) is 26.3 Å². The predicted octanol–water partition coefficient (Wildman–Crippen LogP) is 2.30. The maximum absolute atomic E-state index is 13.3. The number of amides is 3. The second-order valence-corrected chi connectivity index (χ2v) is 8.66. The Morgan fingerprint density at radius 1 is 0.867 bits per heavy atom. The summed E-state index contributed by atoms with van der Waals surface area (Å²) in [6.07, 6.45) is 0. The molecule has 0 aliphatic carbocycles. The van der Waals surface area contributed by atoms with Crippen LogP contribution in [0.2, 0.25) is 0 Å². The minimum absolute atomic E-state index is 0.0181. The van der Waals surface area contributed by atoms with Crippen LogP contribution < -0.4 is 0 Å². The number of nitrogens with zero attached hydrogens (tertiary/aromatic N) is 3. The lowest BCUT2D eigenvalue weighted by Gasteiger charge is -2.30. The summed E-state index contributed by atoms with van der Waals surface area (Å²) in [5.41, 5.74) is 1.53. The largest absolute Gasteiger partial charge is 0.348 e. The SMILES string of the molecule is Cc1cccc(C(=O)N2CC3CN(C(=O)c4ccccc4)CC3(C(=O)N(C)C)C2)c1. The van der Waals surface area contributed by atoms with Gasteiger partial charge in [-0.25, -0.2) is 0 Å². The Morgan fingerprint density at radius 2 is 1.43 bits per heavy atom. The van der Waals surface area contributed by atoms with Gasteiger partial charge in [-0.3, -0.25) is 14.4 Å². The van der Waals surface area contributed by atoms with Gasteiger partial charge in [0.1, 0.15) is 0 Å². The van der Waals surface area contributed by atoms with Crippen LogP contribution in [0.5, 0.6) is 0 Å². The van der Waals surface area contributed by atoms with Gasteiger partial charge in [-0.05, 0) is 31.2 Å². The molecule has 2 heterocycles. The lowest BCUT2D eigenvalue weighted by atomic mass is 9.79. The van der Waals surface area contributed by atoms with E-state index in [2.05, 4.69) is 0 Å². The van der Waals surface area contributed by atoms with Gasteiger partial charge in [-0.15, -0.1) is 0 Å². The number of hydrogen-bond acceptors (Lipinski definition) is 3. The van der Waals surface area contributed by atoms with Gasteiger partial charge >= 0.3 is 0 Å². The van der Waals surface area contributed by atoms with E-state index in [9.17, 15) is 14.4 Å². The van der Waals surface area contributed by atoms with Crippen molar-refractivity contribution in [3.05, 3.63) is 71.3 Å². The molecule has 2 saturated heterocycles. The molecule has 2 aliphatic heterocycles. The summed E-state index contributed by atoms with van der Waals surface area (Å²) < 4.78 is 0. The molecule has 2 aromatic rings. The highest BCUT2D eigenvalue weighted by molar-refractivity contribution is 5.97. The summed E-state index contributed by atoms with van der Waals surface area (Å²) in [7, 11) is 3.47. The highest BCUT2D eigenvalue weighted by Crippen LogP contribution is 2.44. The summed E-state index contributed by atoms with van der Waals surface area (Å²) in [6, 6.07) is 16.7. The van der Waals surface area contributed by atoms with Crippen LogP contribution in [-0.4, -0.2) is 72.7 Å². The average Bonchev–Trinajstić information content (AvgIpc) is 3.28. The molecule has 3 amide bonds. The summed E-state index contributed by atoms with van der Waals surface area (Å²) >= 11 is 0. The number of aryl methyl sites for hydroxylation is 1. The van der Waals surface area contributed by atoms with Gasteiger partial charge in [-0.2, -0.15) is 0 Å². The molecule has 0 radical (unpaired) electrons. The third kappa shape index (κ3) is 3.36. The molecule has 2 aliphatic rings. The van der Waals surface area contributed by atoms with Crippen LogP contribution in [-0.2, 0) is 4.79 Å². The fourth-order valence-corrected chi connectivity index (χ4v) is 4.85. The molecule has 6 nitrogen and oxygen atoms in total. The Morgan fingerprint density at radius 3 is 2.00 bits per heavy atom. The maximum atomic E-state index is 13.3. The molecule has 0 spiro atoms. The summed E-state index contributed by atoms with van der Waals surface area (Å²) in [5.74, 6) is -0.211. The third-order valence-electron chi connectivity index (χ3n) is 6.30. The topological polar surface area (TPSA) is 60.9 Å². The lowest BCUT2D eigenvalue weighted by Crippen LogP contribution is -2.48. The fraction of sp³-hybridized carbons (Fsp3) is 0.375. The van der Waals surface area contributed by atoms with Crippen molar-refractivity contribution < 1.29 is 14.4 Å². The molecule has 0 N–H and O–H groups in total. The molecule has 2 aromatic carbocycles. The van der Waals surface area contributed by atoms with E-state index in [4.69, 9.17) is 0 Å². The first kappa shape index (κ1) is 20.1. The van der Waals surface area contributed by atoms with Gasteiger partial charge < -0.3 is 14.7 Å². The van der Waals surface area contributed by atoms with Crippen LogP contribution in [0.4, 0.5) is 0 Å².